The highest BCUT2D eigenvalue weighted by atomic mass is 16.4. The Labute approximate surface area is 119 Å². The number of carboxylic acids is 1. The van der Waals surface area contributed by atoms with Gasteiger partial charge in [-0.1, -0.05) is 24.1 Å². The Morgan fingerprint density at radius 3 is 2.70 bits per heavy atom. The fourth-order valence-corrected chi connectivity index (χ4v) is 2.79. The first-order chi connectivity index (χ1) is 9.47. The number of hydrogen-bond acceptors (Lipinski definition) is 2. The average molecular weight is 275 g/mol. The van der Waals surface area contributed by atoms with Gasteiger partial charge in [0.2, 0.25) is 0 Å². The van der Waals surface area contributed by atoms with Crippen LogP contribution in [0, 0.1) is 19.8 Å². The molecule has 1 aliphatic carbocycles. The van der Waals surface area contributed by atoms with E-state index in [2.05, 4.69) is 5.32 Å². The number of benzene rings is 1. The predicted octanol–water partition coefficient (Wildman–Crippen LogP) is 2.68. The van der Waals surface area contributed by atoms with E-state index in [0.717, 1.165) is 24.0 Å². The molecule has 1 aromatic rings. The molecule has 2 unspecified atom stereocenters. The van der Waals surface area contributed by atoms with Gasteiger partial charge in [-0.3, -0.25) is 9.59 Å². The largest absolute Gasteiger partial charge is 0.481 e. The van der Waals surface area contributed by atoms with Crippen LogP contribution in [0.2, 0.25) is 0 Å². The number of aryl methyl sites for hydroxylation is 2. The molecule has 0 spiro atoms. The fourth-order valence-electron chi connectivity index (χ4n) is 2.79. The second-order valence-corrected chi connectivity index (χ2v) is 5.69. The van der Waals surface area contributed by atoms with Gasteiger partial charge in [-0.25, -0.2) is 0 Å². The Bertz CT molecular complexity index is 524. The number of hydrogen-bond donors (Lipinski definition) is 2. The Kier molecular flexibility index (Phi) is 4.42. The standard InChI is InChI=1S/C16H21NO3/c1-10-6-7-11(2)14(8-10)15(18)17-13-5-3-4-12(9-13)16(19)20/h6-8,12-13H,3-5,9H2,1-2H3,(H,17,18)(H,19,20). The van der Waals surface area contributed by atoms with Crippen molar-refractivity contribution in [3.8, 4) is 0 Å². The van der Waals surface area contributed by atoms with E-state index >= 15 is 0 Å². The highest BCUT2D eigenvalue weighted by molar-refractivity contribution is 5.96. The van der Waals surface area contributed by atoms with Crippen molar-refractivity contribution in [3.05, 3.63) is 34.9 Å². The van der Waals surface area contributed by atoms with Crippen LogP contribution in [-0.4, -0.2) is 23.0 Å². The Balaban J connectivity index is 2.04. The fraction of sp³-hybridized carbons (Fsp3) is 0.500. The highest BCUT2D eigenvalue weighted by Gasteiger charge is 2.28. The molecule has 1 aromatic carbocycles. The second kappa shape index (κ2) is 6.07. The minimum Gasteiger partial charge on any atom is -0.481 e. The number of rotatable bonds is 3. The van der Waals surface area contributed by atoms with Gasteiger partial charge in [0.25, 0.3) is 5.91 Å². The van der Waals surface area contributed by atoms with Gasteiger partial charge >= 0.3 is 5.97 Å². The number of nitrogens with one attached hydrogen (secondary N) is 1. The summed E-state index contributed by atoms with van der Waals surface area (Å²) in [5.74, 6) is -1.18. The Morgan fingerprint density at radius 2 is 2.00 bits per heavy atom. The van der Waals surface area contributed by atoms with Gasteiger partial charge in [0, 0.05) is 11.6 Å². The number of aliphatic carboxylic acids is 1. The van der Waals surface area contributed by atoms with E-state index in [1.165, 1.54) is 0 Å². The lowest BCUT2D eigenvalue weighted by Crippen LogP contribution is -2.40. The Morgan fingerprint density at radius 1 is 1.25 bits per heavy atom. The summed E-state index contributed by atoms with van der Waals surface area (Å²) in [6, 6.07) is 5.76. The van der Waals surface area contributed by atoms with Crippen molar-refractivity contribution < 1.29 is 14.7 Å². The first-order valence-corrected chi connectivity index (χ1v) is 7.08. The average Bonchev–Trinajstić information content (AvgIpc) is 2.41. The van der Waals surface area contributed by atoms with Crippen LogP contribution < -0.4 is 5.32 Å². The van der Waals surface area contributed by atoms with Crippen molar-refractivity contribution in [1.29, 1.82) is 0 Å². The lowest BCUT2D eigenvalue weighted by molar-refractivity contribution is -0.143. The van der Waals surface area contributed by atoms with Crippen LogP contribution in [0.5, 0.6) is 0 Å². The molecule has 0 bridgehead atoms. The monoisotopic (exact) mass is 275 g/mol. The van der Waals surface area contributed by atoms with Crippen LogP contribution in [0.15, 0.2) is 18.2 Å². The lowest BCUT2D eigenvalue weighted by Gasteiger charge is -2.27. The number of carbonyl (C=O) groups is 2. The van der Waals surface area contributed by atoms with E-state index < -0.39 is 5.97 Å². The molecule has 0 heterocycles. The van der Waals surface area contributed by atoms with E-state index in [4.69, 9.17) is 5.11 Å². The number of amides is 1. The third-order valence-electron chi connectivity index (χ3n) is 4.00. The minimum atomic E-state index is -0.754. The lowest BCUT2D eigenvalue weighted by atomic mass is 9.85. The zero-order valence-electron chi connectivity index (χ0n) is 12.0. The summed E-state index contributed by atoms with van der Waals surface area (Å²) in [5, 5.41) is 12.1. The molecular formula is C16H21NO3. The maximum absolute atomic E-state index is 12.3. The van der Waals surface area contributed by atoms with Crippen molar-refractivity contribution >= 4 is 11.9 Å². The van der Waals surface area contributed by atoms with Gasteiger partial charge in [0.15, 0.2) is 0 Å². The molecule has 2 rings (SSSR count). The van der Waals surface area contributed by atoms with Crippen molar-refractivity contribution in [2.45, 2.75) is 45.6 Å². The van der Waals surface area contributed by atoms with Gasteiger partial charge < -0.3 is 10.4 Å². The summed E-state index contributed by atoms with van der Waals surface area (Å²) in [7, 11) is 0. The van der Waals surface area contributed by atoms with Crippen LogP contribution in [0.1, 0.15) is 47.2 Å². The van der Waals surface area contributed by atoms with Crippen LogP contribution in [0.25, 0.3) is 0 Å². The van der Waals surface area contributed by atoms with Crippen molar-refractivity contribution in [3.63, 3.8) is 0 Å². The maximum atomic E-state index is 12.3. The number of carboxylic acid groups (broad SMARTS) is 1. The van der Waals surface area contributed by atoms with Crippen molar-refractivity contribution in [2.24, 2.45) is 5.92 Å². The number of carbonyl (C=O) groups excluding carboxylic acids is 1. The molecule has 1 aliphatic rings. The summed E-state index contributed by atoms with van der Waals surface area (Å²) < 4.78 is 0. The topological polar surface area (TPSA) is 66.4 Å². The van der Waals surface area contributed by atoms with E-state index in [9.17, 15) is 9.59 Å². The summed E-state index contributed by atoms with van der Waals surface area (Å²) in [4.78, 5) is 23.3. The molecule has 1 amide bonds. The molecular weight excluding hydrogens is 254 g/mol. The van der Waals surface area contributed by atoms with E-state index in [1.54, 1.807) is 0 Å². The first-order valence-electron chi connectivity index (χ1n) is 7.08. The molecule has 0 aromatic heterocycles. The summed E-state index contributed by atoms with van der Waals surface area (Å²) in [5.41, 5.74) is 2.67. The molecule has 0 saturated heterocycles. The molecule has 2 N–H and O–H groups in total. The quantitative estimate of drug-likeness (QED) is 0.891. The molecule has 1 saturated carbocycles. The van der Waals surface area contributed by atoms with Crippen LogP contribution in [-0.2, 0) is 4.79 Å². The van der Waals surface area contributed by atoms with Crippen LogP contribution in [0.3, 0.4) is 0 Å². The maximum Gasteiger partial charge on any atom is 0.306 e. The summed E-state index contributed by atoms with van der Waals surface area (Å²) in [6.07, 6.45) is 2.96. The molecule has 20 heavy (non-hydrogen) atoms. The van der Waals surface area contributed by atoms with Gasteiger partial charge in [-0.2, -0.15) is 0 Å². The third-order valence-corrected chi connectivity index (χ3v) is 4.00. The van der Waals surface area contributed by atoms with Crippen molar-refractivity contribution in [1.82, 2.24) is 5.32 Å². The zero-order valence-corrected chi connectivity index (χ0v) is 12.0. The second-order valence-electron chi connectivity index (χ2n) is 5.69. The van der Waals surface area contributed by atoms with E-state index in [-0.39, 0.29) is 17.9 Å². The van der Waals surface area contributed by atoms with Gasteiger partial charge in [0.1, 0.15) is 0 Å². The van der Waals surface area contributed by atoms with E-state index in [0.29, 0.717) is 18.4 Å². The zero-order chi connectivity index (χ0) is 14.7. The van der Waals surface area contributed by atoms with Crippen molar-refractivity contribution in [2.75, 3.05) is 0 Å². The molecule has 2 atom stereocenters. The SMILES string of the molecule is Cc1ccc(C)c(C(=O)NC2CCCC(C(=O)O)C2)c1. The van der Waals surface area contributed by atoms with Gasteiger partial charge in [0.05, 0.1) is 5.92 Å². The van der Waals surface area contributed by atoms with E-state index in [1.807, 2.05) is 32.0 Å². The molecule has 0 radical (unpaired) electrons. The first kappa shape index (κ1) is 14.6. The summed E-state index contributed by atoms with van der Waals surface area (Å²) >= 11 is 0. The summed E-state index contributed by atoms with van der Waals surface area (Å²) in [6.45, 7) is 3.87. The highest BCUT2D eigenvalue weighted by Crippen LogP contribution is 2.25. The molecule has 1 fully saturated rings. The van der Waals surface area contributed by atoms with Gasteiger partial charge in [-0.15, -0.1) is 0 Å². The normalized spacial score (nSPS) is 22.3. The molecule has 4 nitrogen and oxygen atoms in total. The minimum absolute atomic E-state index is 0.0303. The molecule has 4 heteroatoms. The van der Waals surface area contributed by atoms with Crippen LogP contribution >= 0.6 is 0 Å². The smallest absolute Gasteiger partial charge is 0.306 e. The molecule has 108 valence electrons. The Hall–Kier alpha value is -1.84. The van der Waals surface area contributed by atoms with Gasteiger partial charge in [-0.05, 0) is 44.7 Å². The third kappa shape index (κ3) is 3.38. The predicted molar refractivity (Wildman–Crippen MR) is 76.8 cm³/mol. The van der Waals surface area contributed by atoms with Crippen LogP contribution in [0.4, 0.5) is 0 Å². The molecule has 0 aliphatic heterocycles.